The van der Waals surface area contributed by atoms with Crippen LogP contribution in [-0.2, 0) is 6.54 Å². The Bertz CT molecular complexity index is 1290. The first-order valence-corrected chi connectivity index (χ1v) is 13.9. The summed E-state index contributed by atoms with van der Waals surface area (Å²) in [4.78, 5) is 27.3. The molecule has 13 heteroatoms. The summed E-state index contributed by atoms with van der Waals surface area (Å²) in [6.07, 6.45) is -2.88. The van der Waals surface area contributed by atoms with Crippen molar-refractivity contribution in [3.8, 4) is 11.8 Å². The molecule has 1 aromatic heterocycles. The molecule has 42 heavy (non-hydrogen) atoms. The highest BCUT2D eigenvalue weighted by Gasteiger charge is 2.29. The summed E-state index contributed by atoms with van der Waals surface area (Å²) in [6, 6.07) is 13.6. The van der Waals surface area contributed by atoms with Crippen molar-refractivity contribution >= 4 is 23.5 Å². The highest BCUT2D eigenvalue weighted by Crippen LogP contribution is 2.21. The van der Waals surface area contributed by atoms with Crippen molar-refractivity contribution < 1.29 is 27.4 Å². The third-order valence-corrected chi connectivity index (χ3v) is 6.20. The summed E-state index contributed by atoms with van der Waals surface area (Å²) in [5.74, 6) is 1.08. The number of nitrogens with one attached hydrogen (secondary N) is 3. The van der Waals surface area contributed by atoms with Crippen LogP contribution in [0.4, 0.5) is 30.8 Å². The van der Waals surface area contributed by atoms with Gasteiger partial charge in [0.25, 0.3) is 5.91 Å². The van der Waals surface area contributed by atoms with Gasteiger partial charge in [-0.05, 0) is 67.3 Å². The number of ether oxygens (including phenoxy) is 2. The number of benzene rings is 2. The highest BCUT2D eigenvalue weighted by molar-refractivity contribution is 5.94. The van der Waals surface area contributed by atoms with E-state index in [9.17, 15) is 18.0 Å². The molecular formula is C29H36F3N7O3. The van der Waals surface area contributed by atoms with E-state index in [4.69, 9.17) is 9.47 Å². The van der Waals surface area contributed by atoms with E-state index in [2.05, 4.69) is 49.6 Å². The second-order valence-electron chi connectivity index (χ2n) is 10.4. The van der Waals surface area contributed by atoms with Crippen molar-refractivity contribution in [1.29, 1.82) is 0 Å². The number of hydrogen-bond donors (Lipinski definition) is 3. The highest BCUT2D eigenvalue weighted by atomic mass is 19.4. The maximum atomic E-state index is 12.8. The molecule has 0 fully saturated rings. The smallest absolute Gasteiger partial charge is 0.422 e. The Morgan fingerprint density at radius 2 is 1.67 bits per heavy atom. The number of alkyl halides is 3. The fraction of sp³-hybridized carbons (Fsp3) is 0.448. The summed E-state index contributed by atoms with van der Waals surface area (Å²) in [5.41, 5.74) is 1.89. The van der Waals surface area contributed by atoms with Crippen LogP contribution in [0.5, 0.6) is 11.8 Å². The maximum absolute atomic E-state index is 12.8. The Kier molecular flexibility index (Phi) is 10.8. The first-order valence-electron chi connectivity index (χ1n) is 13.9. The van der Waals surface area contributed by atoms with Crippen molar-refractivity contribution in [2.45, 2.75) is 39.4 Å². The average Bonchev–Trinajstić information content (AvgIpc) is 2.95. The minimum Gasteiger partial charge on any atom is -0.494 e. The van der Waals surface area contributed by atoms with Gasteiger partial charge in [-0.3, -0.25) is 4.79 Å². The molecule has 2 aromatic carbocycles. The van der Waals surface area contributed by atoms with Crippen molar-refractivity contribution in [2.75, 3.05) is 50.0 Å². The van der Waals surface area contributed by atoms with Gasteiger partial charge in [0, 0.05) is 37.4 Å². The number of rotatable bonds is 4. The Balaban J connectivity index is 1.53. The minimum absolute atomic E-state index is 0.0222. The van der Waals surface area contributed by atoms with Gasteiger partial charge in [-0.25, -0.2) is 0 Å². The van der Waals surface area contributed by atoms with Crippen LogP contribution in [0.2, 0.25) is 0 Å². The second-order valence-corrected chi connectivity index (χ2v) is 10.4. The quantitative estimate of drug-likeness (QED) is 0.387. The van der Waals surface area contributed by atoms with Crippen LogP contribution in [0.1, 0.15) is 42.6 Å². The van der Waals surface area contributed by atoms with Crippen LogP contribution in [-0.4, -0.2) is 71.3 Å². The third-order valence-electron chi connectivity index (χ3n) is 6.20. The van der Waals surface area contributed by atoms with Crippen molar-refractivity contribution in [3.63, 3.8) is 0 Å². The average molecular weight is 588 g/mol. The topological polar surface area (TPSA) is 114 Å². The van der Waals surface area contributed by atoms with Crippen molar-refractivity contribution in [2.24, 2.45) is 5.92 Å². The van der Waals surface area contributed by atoms with Gasteiger partial charge in [-0.1, -0.05) is 26.0 Å². The summed E-state index contributed by atoms with van der Waals surface area (Å²) in [7, 11) is 0. The van der Waals surface area contributed by atoms with E-state index < -0.39 is 18.8 Å². The Morgan fingerprint density at radius 1 is 0.952 bits per heavy atom. The van der Waals surface area contributed by atoms with E-state index in [-0.39, 0.29) is 17.8 Å². The van der Waals surface area contributed by atoms with Crippen LogP contribution in [0.3, 0.4) is 0 Å². The first-order chi connectivity index (χ1) is 20.1. The minimum atomic E-state index is -4.56. The molecule has 5 heterocycles. The lowest BCUT2D eigenvalue weighted by Gasteiger charge is -2.24. The second kappa shape index (κ2) is 14.7. The van der Waals surface area contributed by atoms with Crippen LogP contribution >= 0.6 is 0 Å². The normalized spacial score (nSPS) is 15.7. The van der Waals surface area contributed by atoms with Gasteiger partial charge in [0.1, 0.15) is 5.75 Å². The number of carbonyl (C=O) groups excluding carboxylic acids is 1. The number of aromatic nitrogens is 3. The van der Waals surface area contributed by atoms with Crippen LogP contribution in [0, 0.1) is 5.92 Å². The Hall–Kier alpha value is -4.13. The Labute approximate surface area is 243 Å². The molecule has 0 aliphatic carbocycles. The van der Waals surface area contributed by atoms with E-state index >= 15 is 0 Å². The van der Waals surface area contributed by atoms with Crippen molar-refractivity contribution in [3.05, 3.63) is 59.7 Å². The summed E-state index contributed by atoms with van der Waals surface area (Å²) < 4.78 is 49.0. The molecule has 226 valence electrons. The van der Waals surface area contributed by atoms with Gasteiger partial charge < -0.3 is 30.3 Å². The number of carbonyl (C=O) groups is 1. The largest absolute Gasteiger partial charge is 0.494 e. The van der Waals surface area contributed by atoms with Crippen molar-refractivity contribution in [1.82, 2.24) is 25.2 Å². The molecular weight excluding hydrogens is 551 g/mol. The fourth-order valence-corrected chi connectivity index (χ4v) is 4.32. The number of halogens is 3. The van der Waals surface area contributed by atoms with Gasteiger partial charge in [0.15, 0.2) is 6.61 Å². The maximum Gasteiger partial charge on any atom is 0.422 e. The van der Waals surface area contributed by atoms with E-state index in [1.165, 1.54) is 0 Å². The molecule has 0 spiro atoms. The van der Waals surface area contributed by atoms with Gasteiger partial charge in [0.2, 0.25) is 11.9 Å². The van der Waals surface area contributed by atoms with E-state index in [0.29, 0.717) is 36.9 Å². The van der Waals surface area contributed by atoms with Crippen LogP contribution in [0.15, 0.2) is 48.5 Å². The molecule has 3 aromatic rings. The zero-order valence-corrected chi connectivity index (χ0v) is 23.7. The van der Waals surface area contributed by atoms with Gasteiger partial charge >= 0.3 is 12.2 Å². The monoisotopic (exact) mass is 587 g/mol. The molecule has 0 atom stereocenters. The predicted molar refractivity (Wildman–Crippen MR) is 153 cm³/mol. The van der Waals surface area contributed by atoms with Gasteiger partial charge in [-0.2, -0.15) is 28.1 Å². The fourth-order valence-electron chi connectivity index (χ4n) is 4.32. The van der Waals surface area contributed by atoms with E-state index in [1.54, 1.807) is 24.3 Å². The molecule has 10 nitrogen and oxygen atoms in total. The molecule has 0 unspecified atom stereocenters. The molecule has 0 saturated heterocycles. The molecule has 4 aliphatic rings. The zero-order valence-electron chi connectivity index (χ0n) is 23.7. The number of anilines is 3. The third kappa shape index (κ3) is 10.4. The summed E-state index contributed by atoms with van der Waals surface area (Å²) in [6.45, 7) is 6.99. The standard InChI is InChI=1S/C29H36F3N7O3/c1-20(2)18-39-14-3-13-33-25(40)22-7-9-23(10-8-22)35-27-36-26(37-28(38-27)42-19-29(30,31)32)34-17-21-5-11-24(12-6-21)41-16-4-15-39/h5-12,20H,3-4,13-19H2,1-2H3,(H,33,40)(H2,34,35,36,37,38). The van der Waals surface area contributed by atoms with Gasteiger partial charge in [-0.15, -0.1) is 0 Å². The number of hydrogen-bond acceptors (Lipinski definition) is 9. The predicted octanol–water partition coefficient (Wildman–Crippen LogP) is 5.03. The number of nitrogens with zero attached hydrogens (tertiary/aromatic N) is 4. The molecule has 6 bridgehead atoms. The zero-order chi connectivity index (χ0) is 30.0. The lowest BCUT2D eigenvalue weighted by Crippen LogP contribution is -2.33. The van der Waals surface area contributed by atoms with Gasteiger partial charge in [0.05, 0.1) is 6.61 Å². The summed E-state index contributed by atoms with van der Waals surface area (Å²) >= 11 is 0. The SMILES string of the molecule is CC(C)CN1CCCNC(=O)c2ccc(cc2)Nc2nc(nc(OCC(F)(F)F)n2)NCc2ccc(cc2)OCCC1. The lowest BCUT2D eigenvalue weighted by molar-refractivity contribution is -0.154. The van der Waals surface area contributed by atoms with Crippen LogP contribution < -0.4 is 25.4 Å². The molecule has 3 N–H and O–H groups in total. The molecule has 0 saturated carbocycles. The molecule has 4 aliphatic heterocycles. The van der Waals surface area contributed by atoms with E-state index in [1.807, 2.05) is 24.3 Å². The van der Waals surface area contributed by atoms with Crippen LogP contribution in [0.25, 0.3) is 0 Å². The first kappa shape index (κ1) is 30.8. The molecule has 0 radical (unpaired) electrons. The lowest BCUT2D eigenvalue weighted by atomic mass is 10.2. The van der Waals surface area contributed by atoms with E-state index in [0.717, 1.165) is 43.8 Å². The molecule has 1 amide bonds. The molecule has 7 rings (SSSR count). The Morgan fingerprint density at radius 3 is 2.38 bits per heavy atom. The summed E-state index contributed by atoms with van der Waals surface area (Å²) in [5, 5.41) is 8.90. The number of amides is 1.